The van der Waals surface area contributed by atoms with E-state index in [1.165, 1.54) is 11.8 Å². The highest BCUT2D eigenvalue weighted by molar-refractivity contribution is 7.98. The van der Waals surface area contributed by atoms with E-state index >= 15 is 0 Å². The Morgan fingerprint density at radius 2 is 1.71 bits per heavy atom. The van der Waals surface area contributed by atoms with Gasteiger partial charge in [-0.2, -0.15) is 4.98 Å². The van der Waals surface area contributed by atoms with Crippen molar-refractivity contribution < 1.29 is 4.52 Å². The van der Waals surface area contributed by atoms with Gasteiger partial charge >= 0.3 is 0 Å². The van der Waals surface area contributed by atoms with Crippen LogP contribution in [0.15, 0.2) is 76.7 Å². The summed E-state index contributed by atoms with van der Waals surface area (Å²) >= 11 is 1.47. The van der Waals surface area contributed by atoms with Gasteiger partial charge in [0, 0.05) is 5.56 Å². The molecule has 2 heterocycles. The summed E-state index contributed by atoms with van der Waals surface area (Å²) < 4.78 is 7.04. The number of rotatable bonds is 5. The number of hydrogen-bond donors (Lipinski definition) is 0. The molecule has 4 aromatic rings. The van der Waals surface area contributed by atoms with Crippen LogP contribution in [-0.4, -0.2) is 24.9 Å². The van der Waals surface area contributed by atoms with Crippen molar-refractivity contribution in [2.75, 3.05) is 0 Å². The van der Waals surface area contributed by atoms with Gasteiger partial charge in [-0.15, -0.1) is 5.10 Å². The second-order valence-corrected chi connectivity index (χ2v) is 5.92. The summed E-state index contributed by atoms with van der Waals surface area (Å²) in [6.45, 7) is 0. The van der Waals surface area contributed by atoms with Crippen molar-refractivity contribution >= 4 is 11.8 Å². The zero-order chi connectivity index (χ0) is 16.2. The molecule has 6 nitrogen and oxygen atoms in total. The van der Waals surface area contributed by atoms with Gasteiger partial charge in [-0.05, 0) is 24.3 Å². The number of para-hydroxylation sites is 1. The number of benzene rings is 2. The maximum absolute atomic E-state index is 5.29. The first-order valence-corrected chi connectivity index (χ1v) is 8.35. The average molecular weight is 335 g/mol. The lowest BCUT2D eigenvalue weighted by molar-refractivity contribution is 0.425. The highest BCUT2D eigenvalue weighted by Crippen LogP contribution is 2.21. The molecule has 4 rings (SSSR count). The molecule has 0 radical (unpaired) electrons. The minimum atomic E-state index is 0.522. The molecule has 0 aliphatic carbocycles. The summed E-state index contributed by atoms with van der Waals surface area (Å²) in [5, 5.41) is 9.12. The summed E-state index contributed by atoms with van der Waals surface area (Å²) in [4.78, 5) is 8.70. The zero-order valence-electron chi connectivity index (χ0n) is 12.6. The highest BCUT2D eigenvalue weighted by atomic mass is 32.2. The maximum atomic E-state index is 5.29. The molecular formula is C17H13N5OS. The maximum Gasteiger partial charge on any atom is 0.257 e. The highest BCUT2D eigenvalue weighted by Gasteiger charge is 2.10. The van der Waals surface area contributed by atoms with Crippen LogP contribution < -0.4 is 0 Å². The normalized spacial score (nSPS) is 10.8. The molecule has 0 saturated heterocycles. The van der Waals surface area contributed by atoms with Crippen molar-refractivity contribution in [3.8, 4) is 17.1 Å². The van der Waals surface area contributed by atoms with Gasteiger partial charge in [0.05, 0.1) is 11.4 Å². The molecular weight excluding hydrogens is 322 g/mol. The summed E-state index contributed by atoms with van der Waals surface area (Å²) in [5.74, 6) is 1.69. The summed E-state index contributed by atoms with van der Waals surface area (Å²) in [7, 11) is 0. The van der Waals surface area contributed by atoms with Crippen molar-refractivity contribution in [3.05, 3.63) is 72.8 Å². The van der Waals surface area contributed by atoms with Crippen LogP contribution in [0.2, 0.25) is 0 Å². The third-order valence-corrected chi connectivity index (χ3v) is 4.16. The summed E-state index contributed by atoms with van der Waals surface area (Å²) in [5.41, 5.74) is 1.88. The summed E-state index contributed by atoms with van der Waals surface area (Å²) in [6.07, 6.45) is 1.70. The Bertz CT molecular complexity index is 843. The van der Waals surface area contributed by atoms with Crippen LogP contribution in [0.4, 0.5) is 0 Å². The SMILES string of the molecule is c1ccc(-c2nc(CSc3ncn(-c4ccccc4)n3)no2)cc1. The van der Waals surface area contributed by atoms with E-state index in [0.29, 0.717) is 22.6 Å². The van der Waals surface area contributed by atoms with E-state index in [1.807, 2.05) is 60.7 Å². The van der Waals surface area contributed by atoms with Gasteiger partial charge in [0.2, 0.25) is 5.16 Å². The van der Waals surface area contributed by atoms with Gasteiger partial charge in [0.1, 0.15) is 6.33 Å². The van der Waals surface area contributed by atoms with E-state index in [1.54, 1.807) is 11.0 Å². The molecule has 2 aromatic heterocycles. The Balaban J connectivity index is 1.43. The molecule has 0 atom stereocenters. The molecule has 118 valence electrons. The molecule has 0 amide bonds. The Labute approximate surface area is 142 Å². The van der Waals surface area contributed by atoms with E-state index < -0.39 is 0 Å². The molecule has 7 heteroatoms. The molecule has 2 aromatic carbocycles. The van der Waals surface area contributed by atoms with Crippen LogP contribution in [0.3, 0.4) is 0 Å². The van der Waals surface area contributed by atoms with Crippen LogP contribution in [-0.2, 0) is 5.75 Å². The summed E-state index contributed by atoms with van der Waals surface area (Å²) in [6, 6.07) is 19.6. The lowest BCUT2D eigenvalue weighted by Crippen LogP contribution is -1.93. The van der Waals surface area contributed by atoms with Crippen LogP contribution in [0.25, 0.3) is 17.1 Å². The topological polar surface area (TPSA) is 69.6 Å². The predicted octanol–water partition coefficient (Wildman–Crippen LogP) is 3.61. The Morgan fingerprint density at radius 3 is 2.50 bits per heavy atom. The largest absolute Gasteiger partial charge is 0.334 e. The van der Waals surface area contributed by atoms with E-state index in [4.69, 9.17) is 4.52 Å². The number of aromatic nitrogens is 5. The third-order valence-electron chi connectivity index (χ3n) is 3.31. The smallest absolute Gasteiger partial charge is 0.257 e. The van der Waals surface area contributed by atoms with Gasteiger partial charge in [-0.3, -0.25) is 0 Å². The Hall–Kier alpha value is -2.93. The fourth-order valence-electron chi connectivity index (χ4n) is 2.16. The molecule has 24 heavy (non-hydrogen) atoms. The van der Waals surface area contributed by atoms with Gasteiger partial charge in [0.15, 0.2) is 5.82 Å². The van der Waals surface area contributed by atoms with Crippen molar-refractivity contribution in [1.29, 1.82) is 0 Å². The van der Waals surface area contributed by atoms with Crippen LogP contribution in [0.1, 0.15) is 5.82 Å². The fourth-order valence-corrected chi connectivity index (χ4v) is 2.80. The van der Waals surface area contributed by atoms with Crippen molar-refractivity contribution in [3.63, 3.8) is 0 Å². The number of hydrogen-bond acceptors (Lipinski definition) is 6. The fraction of sp³-hybridized carbons (Fsp3) is 0.0588. The van der Waals surface area contributed by atoms with E-state index in [9.17, 15) is 0 Å². The first-order chi connectivity index (χ1) is 11.9. The molecule has 0 fully saturated rings. The lowest BCUT2D eigenvalue weighted by atomic mass is 10.2. The quantitative estimate of drug-likeness (QED) is 0.519. The van der Waals surface area contributed by atoms with Crippen LogP contribution >= 0.6 is 11.8 Å². The first-order valence-electron chi connectivity index (χ1n) is 7.36. The van der Waals surface area contributed by atoms with Crippen molar-refractivity contribution in [2.45, 2.75) is 10.9 Å². The molecule has 0 bridgehead atoms. The van der Waals surface area contributed by atoms with E-state index in [2.05, 4.69) is 20.2 Å². The number of nitrogens with zero attached hydrogens (tertiary/aromatic N) is 5. The molecule has 0 aliphatic heterocycles. The monoisotopic (exact) mass is 335 g/mol. The van der Waals surface area contributed by atoms with Gasteiger partial charge < -0.3 is 4.52 Å². The molecule has 0 unspecified atom stereocenters. The third kappa shape index (κ3) is 3.21. The van der Waals surface area contributed by atoms with E-state index in [0.717, 1.165) is 11.3 Å². The molecule has 0 spiro atoms. The van der Waals surface area contributed by atoms with Gasteiger partial charge in [0.25, 0.3) is 5.89 Å². The van der Waals surface area contributed by atoms with Crippen molar-refractivity contribution in [2.24, 2.45) is 0 Å². The first kappa shape index (κ1) is 14.6. The van der Waals surface area contributed by atoms with Gasteiger partial charge in [-0.25, -0.2) is 9.67 Å². The lowest BCUT2D eigenvalue weighted by Gasteiger charge is -1.97. The second kappa shape index (κ2) is 6.67. The molecule has 0 saturated carbocycles. The zero-order valence-corrected chi connectivity index (χ0v) is 13.4. The van der Waals surface area contributed by atoms with Crippen LogP contribution in [0, 0.1) is 0 Å². The molecule has 0 aliphatic rings. The average Bonchev–Trinajstić information content (AvgIpc) is 3.31. The standard InChI is InChI=1S/C17H13N5OS/c1-3-7-13(8-4-1)16-19-15(21-23-16)11-24-17-18-12-22(20-17)14-9-5-2-6-10-14/h1-10,12H,11H2. The minimum Gasteiger partial charge on any atom is -0.334 e. The molecule has 0 N–H and O–H groups in total. The Kier molecular flexibility index (Phi) is 4.07. The van der Waals surface area contributed by atoms with Crippen molar-refractivity contribution in [1.82, 2.24) is 24.9 Å². The predicted molar refractivity (Wildman–Crippen MR) is 90.7 cm³/mol. The van der Waals surface area contributed by atoms with Crippen LogP contribution in [0.5, 0.6) is 0 Å². The van der Waals surface area contributed by atoms with E-state index in [-0.39, 0.29) is 0 Å². The Morgan fingerprint density at radius 1 is 0.958 bits per heavy atom. The van der Waals surface area contributed by atoms with Gasteiger partial charge in [-0.1, -0.05) is 53.3 Å². The number of thioether (sulfide) groups is 1. The second-order valence-electron chi connectivity index (χ2n) is 4.98. The minimum absolute atomic E-state index is 0.522.